The van der Waals surface area contributed by atoms with Gasteiger partial charge in [-0.05, 0) is 44.6 Å². The first-order chi connectivity index (χ1) is 15.9. The molecular weight excluding hydrogens is 452 g/mol. The zero-order chi connectivity index (χ0) is 25.8. The second-order valence-electron chi connectivity index (χ2n) is 8.67. The maximum atomic E-state index is 13.0. The van der Waals surface area contributed by atoms with Crippen molar-refractivity contribution in [3.8, 4) is 0 Å². The number of hydrogen-bond donors (Lipinski definition) is 7. The maximum Gasteiger partial charge on any atom is 0.326 e. The Morgan fingerprint density at radius 1 is 0.824 bits per heavy atom. The van der Waals surface area contributed by atoms with Crippen molar-refractivity contribution in [1.29, 1.82) is 0 Å². The minimum absolute atomic E-state index is 0.00583. The molecule has 1 rings (SSSR count). The molecule has 0 spiro atoms. The highest BCUT2D eigenvalue weighted by molar-refractivity contribution is 5.94. The summed E-state index contributed by atoms with van der Waals surface area (Å²) in [4.78, 5) is 71.3. The van der Waals surface area contributed by atoms with Crippen LogP contribution in [0.2, 0.25) is 0 Å². The number of carbonyl (C=O) groups is 6. The van der Waals surface area contributed by atoms with Crippen molar-refractivity contribution < 1.29 is 44.1 Å². The summed E-state index contributed by atoms with van der Waals surface area (Å²) in [5.74, 6) is -5.96. The van der Waals surface area contributed by atoms with Crippen LogP contribution in [0.5, 0.6) is 0 Å². The van der Waals surface area contributed by atoms with Crippen LogP contribution in [-0.2, 0) is 28.8 Å². The van der Waals surface area contributed by atoms with E-state index in [0.717, 1.165) is 6.42 Å². The van der Waals surface area contributed by atoms with Crippen molar-refractivity contribution in [2.45, 2.75) is 83.0 Å². The van der Waals surface area contributed by atoms with Crippen LogP contribution < -0.4 is 21.3 Å². The Labute approximate surface area is 197 Å². The summed E-state index contributed by atoms with van der Waals surface area (Å²) in [6.07, 6.45) is -0.0177. The van der Waals surface area contributed by atoms with Gasteiger partial charge in [0.2, 0.25) is 17.7 Å². The Morgan fingerprint density at radius 2 is 1.35 bits per heavy atom. The first kappa shape index (κ1) is 28.8. The van der Waals surface area contributed by atoms with Crippen LogP contribution in [0.15, 0.2) is 0 Å². The summed E-state index contributed by atoms with van der Waals surface area (Å²) >= 11 is 0. The highest BCUT2D eigenvalue weighted by atomic mass is 16.4. The van der Waals surface area contributed by atoms with E-state index in [2.05, 4.69) is 21.3 Å². The van der Waals surface area contributed by atoms with E-state index < -0.39 is 73.2 Å². The Morgan fingerprint density at radius 3 is 1.82 bits per heavy atom. The monoisotopic (exact) mass is 486 g/mol. The third kappa shape index (κ3) is 10.6. The van der Waals surface area contributed by atoms with Crippen molar-refractivity contribution in [3.63, 3.8) is 0 Å². The SMILES string of the molecule is CC(C)CC(NC(=O)C1CCCN1)C(=O)NC(CCC(=O)O)C(=O)NC(CCC(=O)O)C(=O)O. The third-order valence-corrected chi connectivity index (χ3v) is 5.26. The van der Waals surface area contributed by atoms with Crippen LogP contribution in [0.1, 0.15) is 58.8 Å². The van der Waals surface area contributed by atoms with Gasteiger partial charge in [-0.15, -0.1) is 0 Å². The van der Waals surface area contributed by atoms with Crippen molar-refractivity contribution >= 4 is 35.6 Å². The van der Waals surface area contributed by atoms with Crippen molar-refractivity contribution in [2.75, 3.05) is 6.54 Å². The minimum Gasteiger partial charge on any atom is -0.481 e. The fourth-order valence-corrected chi connectivity index (χ4v) is 3.49. The molecule has 0 aliphatic carbocycles. The number of nitrogens with one attached hydrogen (secondary N) is 4. The molecule has 4 atom stereocenters. The standard InChI is InChI=1S/C21H34N4O9/c1-11(2)10-15(25-18(30)12-4-3-9-22-12)20(32)23-13(5-7-16(26)27)19(31)24-14(21(33)34)6-8-17(28)29/h11-15,22H,3-10H2,1-2H3,(H,23,32)(H,24,31)(H,25,30)(H,26,27)(H,28,29)(H,33,34). The van der Waals surface area contributed by atoms with Crippen LogP contribution in [0.4, 0.5) is 0 Å². The molecule has 192 valence electrons. The Kier molecular flexibility index (Phi) is 12.0. The zero-order valence-corrected chi connectivity index (χ0v) is 19.3. The molecule has 1 fully saturated rings. The van der Waals surface area contributed by atoms with Crippen molar-refractivity contribution in [1.82, 2.24) is 21.3 Å². The number of aliphatic carboxylic acids is 3. The van der Waals surface area contributed by atoms with E-state index in [4.69, 9.17) is 10.2 Å². The van der Waals surface area contributed by atoms with Gasteiger partial charge in [0, 0.05) is 12.8 Å². The van der Waals surface area contributed by atoms with Crippen LogP contribution >= 0.6 is 0 Å². The largest absolute Gasteiger partial charge is 0.481 e. The Bertz CT molecular complexity index is 765. The Balaban J connectivity index is 2.94. The molecule has 0 aromatic heterocycles. The molecule has 13 heteroatoms. The van der Waals surface area contributed by atoms with Gasteiger partial charge in [0.1, 0.15) is 18.1 Å². The molecule has 7 N–H and O–H groups in total. The summed E-state index contributed by atoms with van der Waals surface area (Å²) in [6.45, 7) is 4.37. The molecule has 0 aromatic rings. The highest BCUT2D eigenvalue weighted by Gasteiger charge is 2.32. The first-order valence-corrected chi connectivity index (χ1v) is 11.2. The molecular formula is C21H34N4O9. The molecule has 1 saturated heterocycles. The zero-order valence-electron chi connectivity index (χ0n) is 19.3. The number of hydrogen-bond acceptors (Lipinski definition) is 7. The fourth-order valence-electron chi connectivity index (χ4n) is 3.49. The maximum absolute atomic E-state index is 13.0. The van der Waals surface area contributed by atoms with Gasteiger partial charge in [-0.2, -0.15) is 0 Å². The van der Waals surface area contributed by atoms with Crippen LogP contribution in [0, 0.1) is 5.92 Å². The van der Waals surface area contributed by atoms with Crippen LogP contribution in [0.25, 0.3) is 0 Å². The molecule has 0 aromatic carbocycles. The average Bonchev–Trinajstić information content (AvgIpc) is 3.27. The molecule has 0 saturated carbocycles. The molecule has 0 bridgehead atoms. The van der Waals surface area contributed by atoms with Gasteiger partial charge in [0.15, 0.2) is 0 Å². The number of amides is 3. The molecule has 13 nitrogen and oxygen atoms in total. The lowest BCUT2D eigenvalue weighted by atomic mass is 10.0. The summed E-state index contributed by atoms with van der Waals surface area (Å²) in [7, 11) is 0. The molecule has 1 aliphatic rings. The van der Waals surface area contributed by atoms with Gasteiger partial charge in [-0.25, -0.2) is 4.79 Å². The summed E-state index contributed by atoms with van der Waals surface area (Å²) in [5, 5.41) is 37.3. The van der Waals surface area contributed by atoms with E-state index in [0.29, 0.717) is 13.0 Å². The minimum atomic E-state index is -1.53. The number of carboxylic acid groups (broad SMARTS) is 3. The highest BCUT2D eigenvalue weighted by Crippen LogP contribution is 2.10. The van der Waals surface area contributed by atoms with Gasteiger partial charge in [0.25, 0.3) is 0 Å². The number of rotatable bonds is 15. The lowest BCUT2D eigenvalue weighted by Gasteiger charge is -2.26. The van der Waals surface area contributed by atoms with Gasteiger partial charge in [-0.1, -0.05) is 13.8 Å². The fraction of sp³-hybridized carbons (Fsp3) is 0.714. The van der Waals surface area contributed by atoms with Gasteiger partial charge < -0.3 is 36.6 Å². The number of carboxylic acids is 3. The van der Waals surface area contributed by atoms with Gasteiger partial charge in [0.05, 0.1) is 6.04 Å². The summed E-state index contributed by atoms with van der Waals surface area (Å²) in [5.41, 5.74) is 0. The van der Waals surface area contributed by atoms with E-state index >= 15 is 0 Å². The summed E-state index contributed by atoms with van der Waals surface area (Å²) < 4.78 is 0. The lowest BCUT2D eigenvalue weighted by molar-refractivity contribution is -0.144. The second kappa shape index (κ2) is 14.1. The lowest BCUT2D eigenvalue weighted by Crippen LogP contribution is -2.57. The van der Waals surface area contributed by atoms with E-state index in [-0.39, 0.29) is 24.7 Å². The molecule has 4 unspecified atom stereocenters. The summed E-state index contributed by atoms with van der Waals surface area (Å²) in [6, 6.07) is -4.35. The quantitative estimate of drug-likeness (QED) is 0.151. The van der Waals surface area contributed by atoms with E-state index in [1.165, 1.54) is 0 Å². The predicted octanol–water partition coefficient (Wildman–Crippen LogP) is -0.947. The topological polar surface area (TPSA) is 211 Å². The molecule has 3 amide bonds. The van der Waals surface area contributed by atoms with Crippen LogP contribution in [-0.4, -0.2) is 81.7 Å². The second-order valence-corrected chi connectivity index (χ2v) is 8.67. The van der Waals surface area contributed by atoms with Crippen LogP contribution in [0.3, 0.4) is 0 Å². The Hall–Kier alpha value is -3.22. The van der Waals surface area contributed by atoms with E-state index in [1.807, 2.05) is 13.8 Å². The van der Waals surface area contributed by atoms with E-state index in [9.17, 15) is 33.9 Å². The van der Waals surface area contributed by atoms with E-state index in [1.54, 1.807) is 0 Å². The van der Waals surface area contributed by atoms with Crippen molar-refractivity contribution in [3.05, 3.63) is 0 Å². The third-order valence-electron chi connectivity index (χ3n) is 5.26. The average molecular weight is 487 g/mol. The molecule has 0 radical (unpaired) electrons. The number of carbonyl (C=O) groups excluding carboxylic acids is 3. The first-order valence-electron chi connectivity index (χ1n) is 11.2. The molecule has 1 aliphatic heterocycles. The van der Waals surface area contributed by atoms with Crippen molar-refractivity contribution in [2.24, 2.45) is 5.92 Å². The van der Waals surface area contributed by atoms with Gasteiger partial charge in [-0.3, -0.25) is 24.0 Å². The normalized spacial score (nSPS) is 17.9. The predicted molar refractivity (Wildman–Crippen MR) is 118 cm³/mol. The molecule has 1 heterocycles. The van der Waals surface area contributed by atoms with Gasteiger partial charge >= 0.3 is 17.9 Å². The smallest absolute Gasteiger partial charge is 0.326 e. The molecule has 34 heavy (non-hydrogen) atoms.